The minimum atomic E-state index is -3.95. The second-order valence-corrected chi connectivity index (χ2v) is 8.37. The van der Waals surface area contributed by atoms with Gasteiger partial charge in [0.1, 0.15) is 5.75 Å². The van der Waals surface area contributed by atoms with Gasteiger partial charge in [-0.05, 0) is 56.7 Å². The molecule has 0 saturated heterocycles. The molecule has 9 heteroatoms. The predicted molar refractivity (Wildman–Crippen MR) is 107 cm³/mol. The van der Waals surface area contributed by atoms with Gasteiger partial charge in [0.15, 0.2) is 0 Å². The van der Waals surface area contributed by atoms with Crippen molar-refractivity contribution in [3.63, 3.8) is 0 Å². The SMILES string of the molecule is CCOc1ccc(S(=O)(=O)N[C@@H](C)C(=O)Nc2cc(Cl)ccc2C)cc1Cl. The Bertz CT molecular complexity index is 948. The van der Waals surface area contributed by atoms with E-state index in [0.717, 1.165) is 5.56 Å². The van der Waals surface area contributed by atoms with Gasteiger partial charge >= 0.3 is 0 Å². The molecular weight excluding hydrogens is 411 g/mol. The number of hydrogen-bond donors (Lipinski definition) is 2. The van der Waals surface area contributed by atoms with E-state index < -0.39 is 22.0 Å². The van der Waals surface area contributed by atoms with Crippen LogP contribution in [0.15, 0.2) is 41.3 Å². The number of rotatable bonds is 7. The van der Waals surface area contributed by atoms with Crippen molar-refractivity contribution in [2.75, 3.05) is 11.9 Å². The Morgan fingerprint density at radius 3 is 2.52 bits per heavy atom. The van der Waals surface area contributed by atoms with Gasteiger partial charge in [0.2, 0.25) is 15.9 Å². The van der Waals surface area contributed by atoms with Crippen LogP contribution in [0.4, 0.5) is 5.69 Å². The van der Waals surface area contributed by atoms with E-state index >= 15 is 0 Å². The van der Waals surface area contributed by atoms with Crippen molar-refractivity contribution >= 4 is 44.8 Å². The summed E-state index contributed by atoms with van der Waals surface area (Å²) in [5.41, 5.74) is 1.32. The van der Waals surface area contributed by atoms with Crippen LogP contribution in [0.25, 0.3) is 0 Å². The zero-order chi connectivity index (χ0) is 20.2. The van der Waals surface area contributed by atoms with E-state index in [1.165, 1.54) is 25.1 Å². The monoisotopic (exact) mass is 430 g/mol. The molecule has 27 heavy (non-hydrogen) atoms. The molecule has 146 valence electrons. The molecule has 2 N–H and O–H groups in total. The number of anilines is 1. The molecule has 0 aliphatic carbocycles. The van der Waals surface area contributed by atoms with Crippen LogP contribution in [-0.2, 0) is 14.8 Å². The first-order valence-electron chi connectivity index (χ1n) is 8.15. The molecule has 0 unspecified atom stereocenters. The van der Waals surface area contributed by atoms with Crippen LogP contribution < -0.4 is 14.8 Å². The highest BCUT2D eigenvalue weighted by Gasteiger charge is 2.23. The molecule has 2 rings (SSSR count). The van der Waals surface area contributed by atoms with Crippen molar-refractivity contribution in [3.05, 3.63) is 52.0 Å². The first-order valence-corrected chi connectivity index (χ1v) is 10.4. The van der Waals surface area contributed by atoms with E-state index in [9.17, 15) is 13.2 Å². The summed E-state index contributed by atoms with van der Waals surface area (Å²) in [4.78, 5) is 12.3. The van der Waals surface area contributed by atoms with Gasteiger partial charge in [0, 0.05) is 10.7 Å². The molecule has 1 amide bonds. The maximum atomic E-state index is 12.5. The summed E-state index contributed by atoms with van der Waals surface area (Å²) in [6.07, 6.45) is 0. The highest BCUT2D eigenvalue weighted by molar-refractivity contribution is 7.89. The maximum absolute atomic E-state index is 12.5. The van der Waals surface area contributed by atoms with Crippen molar-refractivity contribution in [1.29, 1.82) is 0 Å². The zero-order valence-corrected chi connectivity index (χ0v) is 17.4. The Kier molecular flexibility index (Phi) is 7.11. The molecule has 0 spiro atoms. The maximum Gasteiger partial charge on any atom is 0.242 e. The Balaban J connectivity index is 2.13. The first-order chi connectivity index (χ1) is 12.6. The second kappa shape index (κ2) is 8.93. The summed E-state index contributed by atoms with van der Waals surface area (Å²) >= 11 is 12.0. The highest BCUT2D eigenvalue weighted by Crippen LogP contribution is 2.27. The van der Waals surface area contributed by atoms with Gasteiger partial charge in [0.25, 0.3) is 0 Å². The summed E-state index contributed by atoms with van der Waals surface area (Å²) in [7, 11) is -3.95. The van der Waals surface area contributed by atoms with Gasteiger partial charge in [-0.1, -0.05) is 29.3 Å². The van der Waals surface area contributed by atoms with E-state index in [2.05, 4.69) is 10.0 Å². The smallest absolute Gasteiger partial charge is 0.242 e. The van der Waals surface area contributed by atoms with E-state index in [-0.39, 0.29) is 9.92 Å². The molecule has 0 radical (unpaired) electrons. The lowest BCUT2D eigenvalue weighted by Gasteiger charge is -2.16. The molecule has 0 aliphatic rings. The summed E-state index contributed by atoms with van der Waals surface area (Å²) < 4.78 is 32.7. The average Bonchev–Trinajstić information content (AvgIpc) is 2.59. The number of benzene rings is 2. The van der Waals surface area contributed by atoms with Crippen molar-refractivity contribution in [2.45, 2.75) is 31.7 Å². The highest BCUT2D eigenvalue weighted by atomic mass is 35.5. The Morgan fingerprint density at radius 1 is 1.19 bits per heavy atom. The van der Waals surface area contributed by atoms with Crippen molar-refractivity contribution in [2.24, 2.45) is 0 Å². The molecule has 0 heterocycles. The van der Waals surface area contributed by atoms with Gasteiger partial charge < -0.3 is 10.1 Å². The van der Waals surface area contributed by atoms with Gasteiger partial charge in [-0.25, -0.2) is 8.42 Å². The van der Waals surface area contributed by atoms with Crippen LogP contribution >= 0.6 is 23.2 Å². The number of halogens is 2. The van der Waals surface area contributed by atoms with E-state index in [1.807, 2.05) is 6.92 Å². The predicted octanol–water partition coefficient (Wildman–Crippen LogP) is 4.01. The van der Waals surface area contributed by atoms with E-state index in [1.54, 1.807) is 25.1 Å². The molecule has 1 atom stereocenters. The average molecular weight is 431 g/mol. The Hall–Kier alpha value is -1.80. The Labute approximate surface area is 168 Å². The van der Waals surface area contributed by atoms with Crippen LogP contribution in [0.2, 0.25) is 10.0 Å². The van der Waals surface area contributed by atoms with E-state index in [0.29, 0.717) is 23.1 Å². The van der Waals surface area contributed by atoms with Crippen molar-refractivity contribution in [3.8, 4) is 5.75 Å². The van der Waals surface area contributed by atoms with Crippen LogP contribution in [0.1, 0.15) is 19.4 Å². The molecule has 0 aliphatic heterocycles. The molecule has 2 aromatic carbocycles. The third kappa shape index (κ3) is 5.59. The summed E-state index contributed by atoms with van der Waals surface area (Å²) in [5, 5.41) is 3.30. The lowest BCUT2D eigenvalue weighted by Crippen LogP contribution is -2.41. The second-order valence-electron chi connectivity index (χ2n) is 5.82. The number of hydrogen-bond acceptors (Lipinski definition) is 4. The third-order valence-electron chi connectivity index (χ3n) is 3.70. The fraction of sp³-hybridized carbons (Fsp3) is 0.278. The number of nitrogens with one attached hydrogen (secondary N) is 2. The summed E-state index contributed by atoms with van der Waals surface area (Å²) in [6.45, 7) is 5.46. The number of carbonyl (C=O) groups excluding carboxylic acids is 1. The molecule has 2 aromatic rings. The minimum Gasteiger partial charge on any atom is -0.492 e. The number of aryl methyl sites for hydroxylation is 1. The normalized spacial score (nSPS) is 12.5. The van der Waals surface area contributed by atoms with Crippen LogP contribution in [0.5, 0.6) is 5.75 Å². The first kappa shape index (κ1) is 21.5. The molecule has 0 bridgehead atoms. The number of carbonyl (C=O) groups is 1. The number of ether oxygens (including phenoxy) is 1. The fourth-order valence-electron chi connectivity index (χ4n) is 2.25. The van der Waals surface area contributed by atoms with Gasteiger partial charge in [-0.3, -0.25) is 4.79 Å². The van der Waals surface area contributed by atoms with Crippen molar-refractivity contribution in [1.82, 2.24) is 4.72 Å². The van der Waals surface area contributed by atoms with Gasteiger partial charge in [-0.2, -0.15) is 4.72 Å². The minimum absolute atomic E-state index is 0.0606. The van der Waals surface area contributed by atoms with E-state index in [4.69, 9.17) is 27.9 Å². The Morgan fingerprint density at radius 2 is 1.89 bits per heavy atom. The zero-order valence-electron chi connectivity index (χ0n) is 15.0. The molecule has 6 nitrogen and oxygen atoms in total. The van der Waals surface area contributed by atoms with Gasteiger partial charge in [-0.15, -0.1) is 0 Å². The molecule has 0 aromatic heterocycles. The lowest BCUT2D eigenvalue weighted by atomic mass is 10.2. The quantitative estimate of drug-likeness (QED) is 0.694. The largest absolute Gasteiger partial charge is 0.492 e. The van der Waals surface area contributed by atoms with Crippen LogP contribution in [-0.4, -0.2) is 27.0 Å². The van der Waals surface area contributed by atoms with Crippen LogP contribution in [0.3, 0.4) is 0 Å². The number of amides is 1. The standard InChI is InChI=1S/C18H20Cl2N2O4S/c1-4-26-17-8-7-14(10-15(17)20)27(24,25)22-12(3)18(23)21-16-9-13(19)6-5-11(16)2/h5-10,12,22H,4H2,1-3H3,(H,21,23)/t12-/m0/s1. The van der Waals surface area contributed by atoms with Gasteiger partial charge in [0.05, 0.1) is 22.6 Å². The molecule has 0 fully saturated rings. The lowest BCUT2D eigenvalue weighted by molar-refractivity contribution is -0.117. The summed E-state index contributed by atoms with van der Waals surface area (Å²) in [5.74, 6) is -0.124. The van der Waals surface area contributed by atoms with Crippen molar-refractivity contribution < 1.29 is 17.9 Å². The third-order valence-corrected chi connectivity index (χ3v) is 5.77. The summed E-state index contributed by atoms with van der Waals surface area (Å²) in [6, 6.07) is 8.16. The molecule has 0 saturated carbocycles. The topological polar surface area (TPSA) is 84.5 Å². The fourth-order valence-corrected chi connectivity index (χ4v) is 3.95. The van der Waals surface area contributed by atoms with Crippen LogP contribution in [0, 0.1) is 6.92 Å². The number of sulfonamides is 1. The molecular formula is C18H20Cl2N2O4S.